The summed E-state index contributed by atoms with van der Waals surface area (Å²) in [6.07, 6.45) is 1.74. The van der Waals surface area contributed by atoms with Gasteiger partial charge < -0.3 is 10.6 Å². The molecule has 2 aromatic heterocycles. The van der Waals surface area contributed by atoms with E-state index < -0.39 is 0 Å². The van der Waals surface area contributed by atoms with Crippen molar-refractivity contribution in [1.82, 2.24) is 19.7 Å². The molecule has 0 atom stereocenters. The third-order valence-corrected chi connectivity index (χ3v) is 5.62. The SMILES string of the molecule is O=C(Nc1ccc(-c2nnc3n2-c2cccnc2Nc2ccccc2-3)cc1)c1ccc(F)cc1. The fourth-order valence-corrected chi connectivity index (χ4v) is 3.97. The monoisotopic (exact) mass is 448 g/mol. The Hall–Kier alpha value is -4.85. The number of halogens is 1. The van der Waals surface area contributed by atoms with Crippen molar-refractivity contribution in [3.05, 3.63) is 103 Å². The zero-order chi connectivity index (χ0) is 23.1. The predicted octanol–water partition coefficient (Wildman–Crippen LogP) is 5.44. The van der Waals surface area contributed by atoms with Crippen molar-refractivity contribution < 1.29 is 9.18 Å². The Balaban J connectivity index is 1.37. The number of amides is 1. The Labute approximate surface area is 193 Å². The molecule has 5 aromatic rings. The van der Waals surface area contributed by atoms with E-state index in [4.69, 9.17) is 0 Å². The summed E-state index contributed by atoms with van der Waals surface area (Å²) in [6.45, 7) is 0. The van der Waals surface area contributed by atoms with Crippen LogP contribution in [0.15, 0.2) is 91.1 Å². The highest BCUT2D eigenvalue weighted by molar-refractivity contribution is 6.04. The number of para-hydroxylation sites is 1. The molecule has 1 amide bonds. The summed E-state index contributed by atoms with van der Waals surface area (Å²) in [5, 5.41) is 15.2. The largest absolute Gasteiger partial charge is 0.338 e. The van der Waals surface area contributed by atoms with Crippen molar-refractivity contribution >= 4 is 23.1 Å². The Morgan fingerprint density at radius 2 is 1.62 bits per heavy atom. The quantitative estimate of drug-likeness (QED) is 0.376. The molecule has 0 saturated carbocycles. The fourth-order valence-electron chi connectivity index (χ4n) is 3.97. The first kappa shape index (κ1) is 19.8. The van der Waals surface area contributed by atoms with Gasteiger partial charge in [-0.05, 0) is 72.8 Å². The highest BCUT2D eigenvalue weighted by Gasteiger charge is 2.24. The lowest BCUT2D eigenvalue weighted by Gasteiger charge is -2.11. The van der Waals surface area contributed by atoms with Crippen molar-refractivity contribution in [3.8, 4) is 28.5 Å². The molecule has 3 aromatic carbocycles. The predicted molar refractivity (Wildman–Crippen MR) is 128 cm³/mol. The van der Waals surface area contributed by atoms with Gasteiger partial charge in [-0.2, -0.15) is 0 Å². The normalized spacial score (nSPS) is 11.4. The number of fused-ring (bicyclic) bond motifs is 5. The van der Waals surface area contributed by atoms with E-state index in [0.717, 1.165) is 22.5 Å². The molecule has 2 N–H and O–H groups in total. The van der Waals surface area contributed by atoms with Crippen LogP contribution in [-0.4, -0.2) is 25.7 Å². The Kier molecular flexibility index (Phi) is 4.62. The molecule has 7 nitrogen and oxygen atoms in total. The van der Waals surface area contributed by atoms with Crippen LogP contribution >= 0.6 is 0 Å². The van der Waals surface area contributed by atoms with Gasteiger partial charge in [-0.1, -0.05) is 12.1 Å². The number of rotatable bonds is 3. The molecule has 0 fully saturated rings. The molecule has 0 saturated heterocycles. The van der Waals surface area contributed by atoms with Crippen LogP contribution in [0.1, 0.15) is 10.4 Å². The van der Waals surface area contributed by atoms with Crippen LogP contribution in [0.5, 0.6) is 0 Å². The van der Waals surface area contributed by atoms with Crippen LogP contribution < -0.4 is 10.6 Å². The number of hydrogen-bond donors (Lipinski definition) is 2. The van der Waals surface area contributed by atoms with Crippen molar-refractivity contribution in [2.75, 3.05) is 10.6 Å². The minimum absolute atomic E-state index is 0.313. The summed E-state index contributed by atoms with van der Waals surface area (Å²) >= 11 is 0. The second-order valence-electron chi connectivity index (χ2n) is 7.76. The minimum atomic E-state index is -0.386. The van der Waals surface area contributed by atoms with Crippen molar-refractivity contribution in [2.45, 2.75) is 0 Å². The first-order valence-corrected chi connectivity index (χ1v) is 10.6. The van der Waals surface area contributed by atoms with Crippen molar-refractivity contribution in [2.24, 2.45) is 0 Å². The van der Waals surface area contributed by atoms with Gasteiger partial charge in [0.05, 0.1) is 11.4 Å². The number of hydrogen-bond acceptors (Lipinski definition) is 5. The van der Waals surface area contributed by atoms with E-state index in [1.165, 1.54) is 24.3 Å². The van der Waals surface area contributed by atoms with E-state index in [-0.39, 0.29) is 11.7 Å². The van der Waals surface area contributed by atoms with Gasteiger partial charge in [0.2, 0.25) is 0 Å². The molecule has 3 heterocycles. The summed E-state index contributed by atoms with van der Waals surface area (Å²) in [4.78, 5) is 17.0. The van der Waals surface area contributed by atoms with Gasteiger partial charge in [-0.3, -0.25) is 9.36 Å². The van der Waals surface area contributed by atoms with E-state index in [9.17, 15) is 9.18 Å². The number of carbonyl (C=O) groups excluding carboxylic acids is 1. The van der Waals surface area contributed by atoms with Gasteiger partial charge in [0.15, 0.2) is 17.5 Å². The number of aromatic nitrogens is 4. The van der Waals surface area contributed by atoms with Gasteiger partial charge in [-0.25, -0.2) is 9.37 Å². The minimum Gasteiger partial charge on any atom is -0.338 e. The van der Waals surface area contributed by atoms with Crippen molar-refractivity contribution in [3.63, 3.8) is 0 Å². The number of anilines is 3. The van der Waals surface area contributed by atoms with Crippen LogP contribution in [0.2, 0.25) is 0 Å². The average molecular weight is 448 g/mol. The standard InChI is InChI=1S/C26H17FN6O/c27-18-11-7-17(8-12-18)26(34)29-19-13-9-16(10-14-19)24-31-32-25-20-4-1-2-5-21(20)30-23-22(33(24)25)6-3-15-28-23/h1-15H,(H,28,30)(H,29,34). The molecule has 0 bridgehead atoms. The summed E-state index contributed by atoms with van der Waals surface area (Å²) in [6, 6.07) is 24.5. The average Bonchev–Trinajstić information content (AvgIpc) is 3.24. The summed E-state index contributed by atoms with van der Waals surface area (Å²) < 4.78 is 15.1. The lowest BCUT2D eigenvalue weighted by molar-refractivity contribution is 0.102. The Morgan fingerprint density at radius 1 is 0.853 bits per heavy atom. The van der Waals surface area contributed by atoms with Gasteiger partial charge in [-0.15, -0.1) is 10.2 Å². The molecule has 164 valence electrons. The van der Waals surface area contributed by atoms with Crippen LogP contribution in [0.4, 0.5) is 21.6 Å². The molecular formula is C26H17FN6O. The molecule has 34 heavy (non-hydrogen) atoms. The van der Waals surface area contributed by atoms with E-state index in [2.05, 4.69) is 25.8 Å². The molecule has 1 aliphatic rings. The smallest absolute Gasteiger partial charge is 0.255 e. The number of nitrogens with zero attached hydrogens (tertiary/aromatic N) is 4. The zero-order valence-corrected chi connectivity index (χ0v) is 17.7. The molecule has 0 radical (unpaired) electrons. The molecule has 0 spiro atoms. The molecule has 6 rings (SSSR count). The molecular weight excluding hydrogens is 431 g/mol. The van der Waals surface area contributed by atoms with Crippen LogP contribution in [0, 0.1) is 5.82 Å². The van der Waals surface area contributed by atoms with Crippen LogP contribution in [0.3, 0.4) is 0 Å². The second kappa shape index (κ2) is 7.93. The number of pyridine rings is 1. The lowest BCUT2D eigenvalue weighted by Crippen LogP contribution is -2.11. The third kappa shape index (κ3) is 3.38. The van der Waals surface area contributed by atoms with Gasteiger partial charge in [0.1, 0.15) is 5.82 Å². The summed E-state index contributed by atoms with van der Waals surface area (Å²) in [5.41, 5.74) is 4.47. The second-order valence-corrected chi connectivity index (χ2v) is 7.76. The van der Waals surface area contributed by atoms with E-state index in [1.54, 1.807) is 18.3 Å². The summed E-state index contributed by atoms with van der Waals surface area (Å²) in [5.74, 6) is 1.37. The molecule has 0 aliphatic carbocycles. The summed E-state index contributed by atoms with van der Waals surface area (Å²) in [7, 11) is 0. The van der Waals surface area contributed by atoms with E-state index in [1.807, 2.05) is 53.1 Å². The van der Waals surface area contributed by atoms with E-state index >= 15 is 0 Å². The highest BCUT2D eigenvalue weighted by Crippen LogP contribution is 2.39. The van der Waals surface area contributed by atoms with Crippen LogP contribution in [0.25, 0.3) is 28.5 Å². The van der Waals surface area contributed by atoms with Gasteiger partial charge in [0, 0.05) is 28.6 Å². The van der Waals surface area contributed by atoms with E-state index in [0.29, 0.717) is 28.7 Å². The maximum Gasteiger partial charge on any atom is 0.255 e. The lowest BCUT2D eigenvalue weighted by atomic mass is 10.1. The Bertz CT molecular complexity index is 1530. The topological polar surface area (TPSA) is 84.7 Å². The molecule has 8 heteroatoms. The fraction of sp³-hybridized carbons (Fsp3) is 0. The first-order valence-electron chi connectivity index (χ1n) is 10.6. The number of nitrogens with one attached hydrogen (secondary N) is 2. The highest BCUT2D eigenvalue weighted by atomic mass is 19.1. The maximum absolute atomic E-state index is 13.1. The number of benzene rings is 3. The maximum atomic E-state index is 13.1. The molecule has 1 aliphatic heterocycles. The first-order chi connectivity index (χ1) is 16.7. The number of carbonyl (C=O) groups is 1. The van der Waals surface area contributed by atoms with Gasteiger partial charge >= 0.3 is 0 Å². The van der Waals surface area contributed by atoms with Gasteiger partial charge in [0.25, 0.3) is 5.91 Å². The van der Waals surface area contributed by atoms with Crippen molar-refractivity contribution in [1.29, 1.82) is 0 Å². The Morgan fingerprint density at radius 3 is 2.44 bits per heavy atom. The third-order valence-electron chi connectivity index (χ3n) is 5.62. The zero-order valence-electron chi connectivity index (χ0n) is 17.7. The van der Waals surface area contributed by atoms with Crippen LogP contribution in [-0.2, 0) is 0 Å². The molecule has 0 unspecified atom stereocenters.